The summed E-state index contributed by atoms with van der Waals surface area (Å²) < 4.78 is 23.3. The van der Waals surface area contributed by atoms with Crippen LogP contribution in [-0.2, 0) is 10.0 Å². The van der Waals surface area contributed by atoms with Gasteiger partial charge in [-0.15, -0.1) is 16.2 Å². The predicted octanol–water partition coefficient (Wildman–Crippen LogP) is 1.98. The number of carbonyl (C=O) groups is 1. The summed E-state index contributed by atoms with van der Waals surface area (Å²) in [5.74, 6) is -0.489. The lowest BCUT2D eigenvalue weighted by Crippen LogP contribution is -2.40. The summed E-state index contributed by atoms with van der Waals surface area (Å²) in [6, 6.07) is 12.3. The van der Waals surface area contributed by atoms with Crippen LogP contribution in [0.15, 0.2) is 53.3 Å². The molecule has 1 heterocycles. The summed E-state index contributed by atoms with van der Waals surface area (Å²) in [7, 11) is -3.72. The fourth-order valence-electron chi connectivity index (χ4n) is 1.35. The molecule has 0 bridgehead atoms. The van der Waals surface area contributed by atoms with Gasteiger partial charge in [0.15, 0.2) is 0 Å². The molecule has 0 radical (unpaired) electrons. The number of sulfonamides is 1. The quantitative estimate of drug-likeness (QED) is 0.829. The Labute approximate surface area is 121 Å². The van der Waals surface area contributed by atoms with E-state index in [9.17, 15) is 13.2 Å². The second-order valence-electron chi connectivity index (χ2n) is 3.79. The summed E-state index contributed by atoms with van der Waals surface area (Å²) in [5.41, 5.74) is 2.90. The molecule has 1 aromatic carbocycles. The van der Waals surface area contributed by atoms with E-state index in [-0.39, 0.29) is 0 Å². The van der Waals surface area contributed by atoms with E-state index in [1.807, 2.05) is 10.9 Å². The minimum absolute atomic E-state index is 0.430. The second kappa shape index (κ2) is 6.47. The van der Waals surface area contributed by atoms with Gasteiger partial charge in [-0.3, -0.25) is 10.2 Å². The number of hydrazine groups is 1. The molecule has 0 aliphatic heterocycles. The van der Waals surface area contributed by atoms with Crippen LogP contribution in [0, 0.1) is 0 Å². The first-order valence-corrected chi connectivity index (χ1v) is 8.08. The first-order valence-electron chi connectivity index (χ1n) is 5.66. The predicted molar refractivity (Wildman–Crippen MR) is 79.3 cm³/mol. The Bertz CT molecular complexity index is 692. The third-order valence-electron chi connectivity index (χ3n) is 2.29. The molecule has 2 rings (SSSR count). The smallest absolute Gasteiger partial charge is 0.273 e. The second-order valence-corrected chi connectivity index (χ2v) is 6.31. The molecule has 2 N–H and O–H groups in total. The maximum Gasteiger partial charge on any atom is 0.276 e. The molecule has 0 aliphatic carbocycles. The van der Waals surface area contributed by atoms with Crippen LogP contribution >= 0.6 is 11.3 Å². The minimum atomic E-state index is -3.72. The van der Waals surface area contributed by atoms with Crippen LogP contribution in [0.3, 0.4) is 0 Å². The van der Waals surface area contributed by atoms with Gasteiger partial charge in [-0.2, -0.15) is 0 Å². The first-order chi connectivity index (χ1) is 9.57. The maximum atomic E-state index is 11.7. The Morgan fingerprint density at radius 1 is 1.10 bits per heavy atom. The number of thiophene rings is 1. The van der Waals surface area contributed by atoms with Crippen LogP contribution in [0.25, 0.3) is 6.08 Å². The average molecular weight is 308 g/mol. The molecule has 0 atom stereocenters. The van der Waals surface area contributed by atoms with E-state index >= 15 is 0 Å². The highest BCUT2D eigenvalue weighted by atomic mass is 32.2. The van der Waals surface area contributed by atoms with Gasteiger partial charge in [0.05, 0.1) is 4.88 Å². The lowest BCUT2D eigenvalue weighted by molar-refractivity contribution is 0.0949. The molecule has 2 aromatic rings. The molecule has 5 nitrogen and oxygen atoms in total. The van der Waals surface area contributed by atoms with E-state index in [0.29, 0.717) is 4.88 Å². The van der Waals surface area contributed by atoms with Gasteiger partial charge in [0.2, 0.25) is 0 Å². The van der Waals surface area contributed by atoms with Crippen molar-refractivity contribution < 1.29 is 13.2 Å². The van der Waals surface area contributed by atoms with Crippen molar-refractivity contribution in [2.75, 3.05) is 0 Å². The fraction of sp³-hybridized carbons (Fsp3) is 0. The van der Waals surface area contributed by atoms with Gasteiger partial charge >= 0.3 is 0 Å². The summed E-state index contributed by atoms with van der Waals surface area (Å²) in [6.07, 6.45) is 1.44. The topological polar surface area (TPSA) is 75.3 Å². The van der Waals surface area contributed by atoms with Crippen LogP contribution in [0.5, 0.6) is 0 Å². The number of amides is 1. The van der Waals surface area contributed by atoms with E-state index in [0.717, 1.165) is 11.0 Å². The van der Waals surface area contributed by atoms with Crippen molar-refractivity contribution >= 4 is 33.3 Å². The van der Waals surface area contributed by atoms with Crippen molar-refractivity contribution in [1.29, 1.82) is 0 Å². The molecule has 0 aliphatic rings. The number of nitrogens with one attached hydrogen (secondary N) is 2. The van der Waals surface area contributed by atoms with Crippen molar-refractivity contribution in [2.24, 2.45) is 0 Å². The number of benzene rings is 1. The fourth-order valence-corrected chi connectivity index (χ4v) is 2.61. The van der Waals surface area contributed by atoms with E-state index in [1.165, 1.54) is 17.4 Å². The SMILES string of the molecule is O=C(NNS(=O)(=O)/C=C/c1ccccc1)c1cccs1. The normalized spacial score (nSPS) is 11.6. The average Bonchev–Trinajstić information content (AvgIpc) is 2.98. The molecule has 20 heavy (non-hydrogen) atoms. The highest BCUT2D eigenvalue weighted by molar-refractivity contribution is 7.92. The van der Waals surface area contributed by atoms with Gasteiger partial charge in [-0.25, -0.2) is 8.42 Å². The zero-order chi connectivity index (χ0) is 14.4. The molecule has 0 unspecified atom stereocenters. The molecule has 0 spiro atoms. The molecular weight excluding hydrogens is 296 g/mol. The Morgan fingerprint density at radius 3 is 2.50 bits per heavy atom. The van der Waals surface area contributed by atoms with Crippen LogP contribution in [0.2, 0.25) is 0 Å². The molecule has 0 saturated carbocycles. The maximum absolute atomic E-state index is 11.7. The van der Waals surface area contributed by atoms with Crippen molar-refractivity contribution in [3.63, 3.8) is 0 Å². The van der Waals surface area contributed by atoms with Crippen LogP contribution in [0.4, 0.5) is 0 Å². The molecule has 1 amide bonds. The lowest BCUT2D eigenvalue weighted by Gasteiger charge is -2.03. The molecule has 7 heteroatoms. The monoisotopic (exact) mass is 308 g/mol. The van der Waals surface area contributed by atoms with Crippen molar-refractivity contribution in [3.8, 4) is 0 Å². The van der Waals surface area contributed by atoms with Crippen molar-refractivity contribution in [1.82, 2.24) is 10.3 Å². The molecule has 1 aromatic heterocycles. The van der Waals surface area contributed by atoms with Gasteiger partial charge in [0.25, 0.3) is 15.9 Å². The third-order valence-corrected chi connectivity index (χ3v) is 4.04. The van der Waals surface area contributed by atoms with E-state index in [1.54, 1.807) is 41.8 Å². The third kappa shape index (κ3) is 4.30. The van der Waals surface area contributed by atoms with E-state index < -0.39 is 15.9 Å². The molecular formula is C13H12N2O3S2. The Hall–Kier alpha value is -1.96. The standard InChI is InChI=1S/C13H12N2O3S2/c16-13(12-7-4-9-19-12)14-15-20(17,18)10-8-11-5-2-1-3-6-11/h1-10,15H,(H,14,16)/b10-8+. The van der Waals surface area contributed by atoms with Crippen LogP contribution in [-0.4, -0.2) is 14.3 Å². The van der Waals surface area contributed by atoms with Crippen LogP contribution in [0.1, 0.15) is 15.2 Å². The number of rotatable bonds is 5. The van der Waals surface area contributed by atoms with Gasteiger partial charge < -0.3 is 0 Å². The molecule has 104 valence electrons. The number of hydrogen-bond acceptors (Lipinski definition) is 4. The van der Waals surface area contributed by atoms with Crippen LogP contribution < -0.4 is 10.3 Å². The summed E-state index contributed by atoms with van der Waals surface area (Å²) >= 11 is 1.23. The number of carbonyl (C=O) groups excluding carboxylic acids is 1. The van der Waals surface area contributed by atoms with E-state index in [2.05, 4.69) is 5.43 Å². The number of hydrogen-bond donors (Lipinski definition) is 2. The summed E-state index contributed by atoms with van der Waals surface area (Å²) in [6.45, 7) is 0. The summed E-state index contributed by atoms with van der Waals surface area (Å²) in [5, 5.41) is 2.73. The largest absolute Gasteiger partial charge is 0.276 e. The van der Waals surface area contributed by atoms with Gasteiger partial charge in [0.1, 0.15) is 0 Å². The highest BCUT2D eigenvalue weighted by Gasteiger charge is 2.10. The van der Waals surface area contributed by atoms with Gasteiger partial charge in [-0.05, 0) is 23.1 Å². The van der Waals surface area contributed by atoms with Crippen molar-refractivity contribution in [3.05, 3.63) is 63.7 Å². The highest BCUT2D eigenvalue weighted by Crippen LogP contribution is 2.07. The Kier molecular flexibility index (Phi) is 4.67. The van der Waals surface area contributed by atoms with Gasteiger partial charge in [-0.1, -0.05) is 36.4 Å². The first kappa shape index (κ1) is 14.4. The minimum Gasteiger partial charge on any atom is -0.273 e. The zero-order valence-electron chi connectivity index (χ0n) is 10.3. The zero-order valence-corrected chi connectivity index (χ0v) is 11.9. The molecule has 0 fully saturated rings. The Morgan fingerprint density at radius 2 is 1.85 bits per heavy atom. The summed E-state index contributed by atoms with van der Waals surface area (Å²) in [4.78, 5) is 14.0. The van der Waals surface area contributed by atoms with Crippen molar-refractivity contribution in [2.45, 2.75) is 0 Å². The lowest BCUT2D eigenvalue weighted by atomic mass is 10.2. The van der Waals surface area contributed by atoms with E-state index in [4.69, 9.17) is 0 Å². The van der Waals surface area contributed by atoms with Gasteiger partial charge in [0, 0.05) is 5.41 Å². The Balaban J connectivity index is 1.95. The molecule has 0 saturated heterocycles.